The molecule has 2 atom stereocenters. The molecule has 6 heteroatoms. The average Bonchev–Trinajstić information content (AvgIpc) is 3.15. The number of hydrogen-bond donors (Lipinski definition) is 0. The van der Waals surface area contributed by atoms with Crippen LogP contribution >= 0.6 is 0 Å². The molecule has 0 aromatic rings. The molecule has 2 aliphatic rings. The van der Waals surface area contributed by atoms with Crippen molar-refractivity contribution in [3.8, 4) is 0 Å². The summed E-state index contributed by atoms with van der Waals surface area (Å²) in [5, 5.41) is 0. The molecule has 1 N–H and O–H groups in total. The molecule has 0 aliphatic carbocycles. The smallest absolute Gasteiger partial charge is 0.306 e. The molecule has 0 radical (unpaired) electrons. The van der Waals surface area contributed by atoms with E-state index in [1.807, 2.05) is 0 Å². The lowest BCUT2D eigenvalue weighted by Crippen LogP contribution is -2.14. The highest BCUT2D eigenvalue weighted by atomic mass is 16.6. The molecule has 0 aromatic heterocycles. The van der Waals surface area contributed by atoms with Crippen LogP contribution in [0.2, 0.25) is 0 Å². The van der Waals surface area contributed by atoms with Gasteiger partial charge in [0.1, 0.15) is 12.7 Å². The van der Waals surface area contributed by atoms with Crippen molar-refractivity contribution in [2.75, 3.05) is 26.4 Å². The van der Waals surface area contributed by atoms with E-state index in [0.29, 0.717) is 13.2 Å². The molecular weight excluding hydrogens is 216 g/mol. The van der Waals surface area contributed by atoms with Crippen LogP contribution in [0.25, 0.3) is 0 Å². The Hall–Kier alpha value is -1.14. The summed E-state index contributed by atoms with van der Waals surface area (Å²) >= 11 is 0. The fraction of sp³-hybridized carbons (Fsp3) is 0.800. The second-order valence-corrected chi connectivity index (χ2v) is 3.84. The molecule has 0 spiro atoms. The van der Waals surface area contributed by atoms with E-state index in [4.69, 9.17) is 14.2 Å². The summed E-state index contributed by atoms with van der Waals surface area (Å²) in [6.45, 7) is 2.05. The van der Waals surface area contributed by atoms with Crippen LogP contribution in [0.5, 0.6) is 0 Å². The number of hydrogen-bond acceptors (Lipinski definition) is 5. The third kappa shape index (κ3) is 4.59. The Labute approximate surface area is 92.8 Å². The molecule has 0 bridgehead atoms. The molecule has 90 valence electrons. The molecule has 2 heterocycles. The van der Waals surface area contributed by atoms with Crippen LogP contribution in [-0.4, -0.2) is 55.3 Å². The third-order valence-corrected chi connectivity index (χ3v) is 2.24. The van der Waals surface area contributed by atoms with Crippen LogP contribution in [0, 0.1) is 0 Å². The van der Waals surface area contributed by atoms with E-state index in [9.17, 15) is 9.59 Å². The highest BCUT2D eigenvalue weighted by molar-refractivity contribution is 5.77. The van der Waals surface area contributed by atoms with Gasteiger partial charge in [-0.25, -0.2) is 0 Å². The van der Waals surface area contributed by atoms with Crippen LogP contribution in [-0.2, 0) is 23.8 Å². The van der Waals surface area contributed by atoms with Gasteiger partial charge in [0.2, 0.25) is 6.61 Å². The second kappa shape index (κ2) is 5.27. The molecular formula is C10H15O6+. The Kier molecular flexibility index (Phi) is 3.74. The summed E-state index contributed by atoms with van der Waals surface area (Å²) in [5.41, 5.74) is 0. The molecule has 2 unspecified atom stereocenters. The van der Waals surface area contributed by atoms with Gasteiger partial charge in [-0.3, -0.25) is 9.59 Å². The van der Waals surface area contributed by atoms with Gasteiger partial charge in [-0.1, -0.05) is 0 Å². The van der Waals surface area contributed by atoms with Gasteiger partial charge in [0, 0.05) is 0 Å². The third-order valence-electron chi connectivity index (χ3n) is 2.24. The maximum Gasteiger partial charge on any atom is 0.306 e. The van der Waals surface area contributed by atoms with Gasteiger partial charge in [0.05, 0.1) is 19.4 Å². The average molecular weight is 231 g/mol. The lowest BCUT2D eigenvalue weighted by atomic mass is 10.3. The first-order chi connectivity index (χ1) is 7.74. The molecule has 2 fully saturated rings. The van der Waals surface area contributed by atoms with E-state index in [1.165, 1.54) is 0 Å². The monoisotopic (exact) mass is 231 g/mol. The Bertz CT molecular complexity index is 240. The maximum absolute atomic E-state index is 11.1. The van der Waals surface area contributed by atoms with Crippen molar-refractivity contribution in [2.45, 2.75) is 25.0 Å². The number of epoxide rings is 2. The SMILES string of the molecule is O=C(CCC(=O)OCC1C[OH+]1)OCC1CO1. The number of rotatable bonds is 7. The molecule has 0 aromatic carbocycles. The summed E-state index contributed by atoms with van der Waals surface area (Å²) in [6, 6.07) is 0. The number of ether oxygens (including phenoxy) is 4. The minimum Gasteiger partial charge on any atom is -0.463 e. The largest absolute Gasteiger partial charge is 0.463 e. The number of esters is 2. The van der Waals surface area contributed by atoms with Gasteiger partial charge in [-0.15, -0.1) is 0 Å². The summed E-state index contributed by atoms with van der Waals surface area (Å²) < 4.78 is 18.6. The van der Waals surface area contributed by atoms with Crippen LogP contribution in [0.1, 0.15) is 12.8 Å². The standard InChI is InChI=1S/C10H14O6/c11-9(15-5-7-3-13-7)1-2-10(12)16-6-8-4-14-8/h7-8H,1-6H2/p+1. The van der Waals surface area contributed by atoms with Gasteiger partial charge in [0.25, 0.3) is 6.10 Å². The van der Waals surface area contributed by atoms with Crippen molar-refractivity contribution in [1.82, 2.24) is 0 Å². The van der Waals surface area contributed by atoms with Crippen molar-refractivity contribution < 1.29 is 28.5 Å². The topological polar surface area (TPSA) is 77.9 Å². The first kappa shape index (κ1) is 11.3. The second-order valence-electron chi connectivity index (χ2n) is 3.84. The lowest BCUT2D eigenvalue weighted by molar-refractivity contribution is -0.151. The fourth-order valence-electron chi connectivity index (χ4n) is 1.07. The first-order valence-corrected chi connectivity index (χ1v) is 5.33. The Morgan fingerprint density at radius 2 is 1.75 bits per heavy atom. The van der Waals surface area contributed by atoms with Crippen LogP contribution < -0.4 is 0 Å². The summed E-state index contributed by atoms with van der Waals surface area (Å²) in [6.07, 6.45) is 0.375. The van der Waals surface area contributed by atoms with Crippen molar-refractivity contribution in [3.05, 3.63) is 0 Å². The van der Waals surface area contributed by atoms with E-state index in [2.05, 4.69) is 4.74 Å². The predicted octanol–water partition coefficient (Wildman–Crippen LogP) is -0.838. The predicted molar refractivity (Wildman–Crippen MR) is 51.8 cm³/mol. The van der Waals surface area contributed by atoms with Gasteiger partial charge in [-0.05, 0) is 0 Å². The zero-order valence-electron chi connectivity index (χ0n) is 8.89. The zero-order valence-corrected chi connectivity index (χ0v) is 8.89. The quantitative estimate of drug-likeness (QED) is 0.324. The molecule has 2 saturated heterocycles. The molecule has 0 saturated carbocycles. The number of aliphatic hydroxyl groups is 2. The van der Waals surface area contributed by atoms with Crippen LogP contribution in [0.4, 0.5) is 0 Å². The Morgan fingerprint density at radius 1 is 1.19 bits per heavy atom. The normalized spacial score (nSPS) is 26.0. The van der Waals surface area contributed by atoms with Crippen molar-refractivity contribution >= 4 is 11.9 Å². The minimum absolute atomic E-state index is 0.0624. The Morgan fingerprint density at radius 3 is 2.25 bits per heavy atom. The van der Waals surface area contributed by atoms with Gasteiger partial charge < -0.3 is 18.9 Å². The van der Waals surface area contributed by atoms with Gasteiger partial charge in [-0.2, -0.15) is 0 Å². The summed E-state index contributed by atoms with van der Waals surface area (Å²) in [5.74, 6) is -0.759. The van der Waals surface area contributed by atoms with Crippen molar-refractivity contribution in [2.24, 2.45) is 0 Å². The summed E-state index contributed by atoms with van der Waals surface area (Å²) in [4.78, 5) is 22.3. The number of carbonyl (C=O) groups excluding carboxylic acids is 2. The minimum atomic E-state index is -0.386. The lowest BCUT2D eigenvalue weighted by Gasteiger charge is -2.02. The highest BCUT2D eigenvalue weighted by Gasteiger charge is 2.32. The molecule has 6 nitrogen and oxygen atoms in total. The van der Waals surface area contributed by atoms with Crippen molar-refractivity contribution in [1.29, 1.82) is 0 Å². The van der Waals surface area contributed by atoms with E-state index in [-0.39, 0.29) is 43.6 Å². The highest BCUT2D eigenvalue weighted by Crippen LogP contribution is 2.09. The van der Waals surface area contributed by atoms with Crippen LogP contribution in [0.15, 0.2) is 0 Å². The zero-order chi connectivity index (χ0) is 11.4. The van der Waals surface area contributed by atoms with E-state index < -0.39 is 0 Å². The molecule has 0 amide bonds. The van der Waals surface area contributed by atoms with E-state index in [1.54, 1.807) is 0 Å². The van der Waals surface area contributed by atoms with Gasteiger partial charge >= 0.3 is 11.9 Å². The fourth-order valence-corrected chi connectivity index (χ4v) is 1.07. The summed E-state index contributed by atoms with van der Waals surface area (Å²) in [7, 11) is 0. The van der Waals surface area contributed by atoms with E-state index >= 15 is 0 Å². The Balaban J connectivity index is 1.47. The maximum atomic E-state index is 11.1. The number of carbonyl (C=O) groups is 2. The van der Waals surface area contributed by atoms with E-state index in [0.717, 1.165) is 6.61 Å². The van der Waals surface area contributed by atoms with Gasteiger partial charge in [0.15, 0.2) is 6.61 Å². The molecule has 2 rings (SSSR count). The molecule has 16 heavy (non-hydrogen) atoms. The first-order valence-electron chi connectivity index (χ1n) is 5.33. The van der Waals surface area contributed by atoms with Crippen molar-refractivity contribution in [3.63, 3.8) is 0 Å². The van der Waals surface area contributed by atoms with Crippen LogP contribution in [0.3, 0.4) is 0 Å². The molecule has 2 aliphatic heterocycles.